The predicted octanol–water partition coefficient (Wildman–Crippen LogP) is 3.39. The Morgan fingerprint density at radius 3 is 2.87 bits per heavy atom. The highest BCUT2D eigenvalue weighted by atomic mass is 32.2. The molecule has 1 aromatic heterocycles. The van der Waals surface area contributed by atoms with Crippen LogP contribution in [0.2, 0.25) is 0 Å². The lowest BCUT2D eigenvalue weighted by molar-refractivity contribution is -0.113. The van der Waals surface area contributed by atoms with E-state index in [-0.39, 0.29) is 28.8 Å². The van der Waals surface area contributed by atoms with E-state index in [4.69, 9.17) is 4.74 Å². The van der Waals surface area contributed by atoms with Crippen LogP contribution in [0, 0.1) is 5.82 Å². The van der Waals surface area contributed by atoms with Crippen molar-refractivity contribution < 1.29 is 13.9 Å². The van der Waals surface area contributed by atoms with E-state index in [0.717, 1.165) is 5.56 Å². The number of hydrogen-bond donors (Lipinski definition) is 1. The molecule has 1 amide bonds. The summed E-state index contributed by atoms with van der Waals surface area (Å²) in [6.07, 6.45) is 1.71. The minimum atomic E-state index is -0.348. The number of benzene rings is 1. The minimum absolute atomic E-state index is 0.100. The number of carbonyl (C=O) groups is 1. The van der Waals surface area contributed by atoms with Gasteiger partial charge in [-0.1, -0.05) is 6.07 Å². The number of rotatable bonds is 3. The van der Waals surface area contributed by atoms with E-state index in [1.807, 2.05) is 13.8 Å². The van der Waals surface area contributed by atoms with E-state index in [0.29, 0.717) is 17.1 Å². The highest BCUT2D eigenvalue weighted by Gasteiger charge is 2.30. The lowest BCUT2D eigenvalue weighted by Gasteiger charge is -2.16. The summed E-state index contributed by atoms with van der Waals surface area (Å²) >= 11 is 1.39. The molecule has 0 fully saturated rings. The number of hydrogen-bond acceptors (Lipinski definition) is 4. The summed E-state index contributed by atoms with van der Waals surface area (Å²) in [7, 11) is 1.50. The van der Waals surface area contributed by atoms with Crippen LogP contribution in [0.15, 0.2) is 24.4 Å². The molecule has 1 aromatic carbocycles. The molecule has 1 aliphatic rings. The standard InChI is InChI=1S/C16H18FN3O2S/c1-9(2)20-16-12(7-18-20)15(23-8-14(21)19-16)11-5-4-10(22-3)6-13(11)17/h4-7,9,15H,8H2,1-3H3,(H,19,21). The first kappa shape index (κ1) is 15.9. The Morgan fingerprint density at radius 2 is 2.22 bits per heavy atom. The smallest absolute Gasteiger partial charge is 0.235 e. The molecule has 0 saturated heterocycles. The van der Waals surface area contributed by atoms with Crippen LogP contribution in [0.25, 0.3) is 0 Å². The van der Waals surface area contributed by atoms with Crippen LogP contribution in [-0.4, -0.2) is 28.6 Å². The van der Waals surface area contributed by atoms with Crippen LogP contribution in [0.4, 0.5) is 10.2 Å². The molecule has 5 nitrogen and oxygen atoms in total. The highest BCUT2D eigenvalue weighted by molar-refractivity contribution is 8.00. The summed E-state index contributed by atoms with van der Waals surface area (Å²) < 4.78 is 21.3. The number of methoxy groups -OCH3 is 1. The fraction of sp³-hybridized carbons (Fsp3) is 0.375. The van der Waals surface area contributed by atoms with Crippen LogP contribution in [0.1, 0.15) is 36.3 Å². The van der Waals surface area contributed by atoms with Crippen molar-refractivity contribution in [2.45, 2.75) is 25.1 Å². The summed E-state index contributed by atoms with van der Waals surface area (Å²) in [5.74, 6) is 0.935. The minimum Gasteiger partial charge on any atom is -0.497 e. The summed E-state index contributed by atoms with van der Waals surface area (Å²) in [6, 6.07) is 4.90. The van der Waals surface area contributed by atoms with Crippen molar-refractivity contribution in [3.63, 3.8) is 0 Å². The molecule has 0 radical (unpaired) electrons. The number of nitrogens with one attached hydrogen (secondary N) is 1. The van der Waals surface area contributed by atoms with E-state index in [1.165, 1.54) is 24.9 Å². The first-order chi connectivity index (χ1) is 11.0. The van der Waals surface area contributed by atoms with Gasteiger partial charge in [-0.15, -0.1) is 11.8 Å². The zero-order chi connectivity index (χ0) is 16.6. The van der Waals surface area contributed by atoms with Crippen molar-refractivity contribution in [2.75, 3.05) is 18.2 Å². The topological polar surface area (TPSA) is 56.1 Å². The Morgan fingerprint density at radius 1 is 1.43 bits per heavy atom. The number of thioether (sulfide) groups is 1. The zero-order valence-corrected chi connectivity index (χ0v) is 14.0. The van der Waals surface area contributed by atoms with Crippen molar-refractivity contribution in [2.24, 2.45) is 0 Å². The van der Waals surface area contributed by atoms with Crippen molar-refractivity contribution in [3.8, 4) is 5.75 Å². The van der Waals surface area contributed by atoms with Gasteiger partial charge in [0.2, 0.25) is 5.91 Å². The fourth-order valence-electron chi connectivity index (χ4n) is 2.61. The first-order valence-electron chi connectivity index (χ1n) is 7.33. The normalized spacial score (nSPS) is 17.6. The fourth-order valence-corrected chi connectivity index (χ4v) is 3.72. The van der Waals surface area contributed by atoms with Gasteiger partial charge in [0.1, 0.15) is 17.4 Å². The molecule has 7 heteroatoms. The second-order valence-electron chi connectivity index (χ2n) is 5.61. The summed E-state index contributed by atoms with van der Waals surface area (Å²) in [5.41, 5.74) is 1.34. The molecule has 122 valence electrons. The maximum absolute atomic E-state index is 14.5. The third kappa shape index (κ3) is 2.93. The van der Waals surface area contributed by atoms with Crippen molar-refractivity contribution in [1.29, 1.82) is 0 Å². The number of carbonyl (C=O) groups excluding carboxylic acids is 1. The Balaban J connectivity index is 2.09. The van der Waals surface area contributed by atoms with E-state index in [1.54, 1.807) is 23.0 Å². The Labute approximate surface area is 138 Å². The van der Waals surface area contributed by atoms with Gasteiger partial charge in [-0.2, -0.15) is 5.10 Å². The van der Waals surface area contributed by atoms with Gasteiger partial charge in [-0.05, 0) is 19.9 Å². The zero-order valence-electron chi connectivity index (χ0n) is 13.2. The van der Waals surface area contributed by atoms with E-state index in [9.17, 15) is 9.18 Å². The van der Waals surface area contributed by atoms with Crippen LogP contribution in [0.3, 0.4) is 0 Å². The maximum atomic E-state index is 14.5. The van der Waals surface area contributed by atoms with Gasteiger partial charge in [0.25, 0.3) is 0 Å². The van der Waals surface area contributed by atoms with Gasteiger partial charge in [0.15, 0.2) is 0 Å². The molecule has 1 N–H and O–H groups in total. The van der Waals surface area contributed by atoms with Gasteiger partial charge in [-0.25, -0.2) is 9.07 Å². The van der Waals surface area contributed by atoms with Crippen molar-refractivity contribution in [1.82, 2.24) is 9.78 Å². The predicted molar refractivity (Wildman–Crippen MR) is 88.5 cm³/mol. The lowest BCUT2D eigenvalue weighted by Crippen LogP contribution is -2.17. The average Bonchev–Trinajstić information content (AvgIpc) is 2.85. The van der Waals surface area contributed by atoms with Crippen LogP contribution in [-0.2, 0) is 4.79 Å². The van der Waals surface area contributed by atoms with Crippen LogP contribution < -0.4 is 10.1 Å². The number of fused-ring (bicyclic) bond motifs is 1. The molecule has 1 atom stereocenters. The Kier molecular flexibility index (Phi) is 4.30. The molecule has 3 rings (SSSR count). The Bertz CT molecular complexity index is 745. The third-order valence-electron chi connectivity index (χ3n) is 3.72. The van der Waals surface area contributed by atoms with Crippen LogP contribution in [0.5, 0.6) is 5.75 Å². The van der Waals surface area contributed by atoms with Gasteiger partial charge < -0.3 is 10.1 Å². The number of ether oxygens (including phenoxy) is 1. The second kappa shape index (κ2) is 6.23. The second-order valence-corrected chi connectivity index (χ2v) is 6.71. The molecule has 2 heterocycles. The molecule has 23 heavy (non-hydrogen) atoms. The van der Waals surface area contributed by atoms with Gasteiger partial charge in [-0.3, -0.25) is 4.79 Å². The molecule has 1 unspecified atom stereocenters. The van der Waals surface area contributed by atoms with Gasteiger partial charge in [0.05, 0.1) is 24.3 Å². The lowest BCUT2D eigenvalue weighted by atomic mass is 10.1. The van der Waals surface area contributed by atoms with Crippen LogP contribution >= 0.6 is 11.8 Å². The van der Waals surface area contributed by atoms with E-state index >= 15 is 0 Å². The van der Waals surface area contributed by atoms with E-state index < -0.39 is 0 Å². The average molecular weight is 335 g/mol. The maximum Gasteiger partial charge on any atom is 0.235 e. The molecular weight excluding hydrogens is 317 g/mol. The molecule has 0 bridgehead atoms. The summed E-state index contributed by atoms with van der Waals surface area (Å²) in [6.45, 7) is 3.97. The van der Waals surface area contributed by atoms with Gasteiger partial charge in [0, 0.05) is 23.2 Å². The largest absolute Gasteiger partial charge is 0.497 e. The third-order valence-corrected chi connectivity index (χ3v) is 4.99. The number of aromatic nitrogens is 2. The molecule has 0 spiro atoms. The summed E-state index contributed by atoms with van der Waals surface area (Å²) in [4.78, 5) is 12.0. The molecule has 0 aliphatic carbocycles. The number of amides is 1. The monoisotopic (exact) mass is 335 g/mol. The van der Waals surface area contributed by atoms with Gasteiger partial charge >= 0.3 is 0 Å². The Hall–Kier alpha value is -2.02. The number of halogens is 1. The quantitative estimate of drug-likeness (QED) is 0.934. The SMILES string of the molecule is COc1ccc(C2SCC(=O)Nc3c2cnn3C(C)C)c(F)c1. The molecular formula is C16H18FN3O2S. The van der Waals surface area contributed by atoms with Crippen molar-refractivity contribution in [3.05, 3.63) is 41.3 Å². The molecule has 1 aliphatic heterocycles. The van der Waals surface area contributed by atoms with E-state index in [2.05, 4.69) is 10.4 Å². The number of nitrogens with zero attached hydrogens (tertiary/aromatic N) is 2. The summed E-state index contributed by atoms with van der Waals surface area (Å²) in [5, 5.41) is 6.95. The molecule has 0 saturated carbocycles. The first-order valence-corrected chi connectivity index (χ1v) is 8.38. The highest BCUT2D eigenvalue weighted by Crippen LogP contribution is 2.43. The molecule has 2 aromatic rings. The van der Waals surface area contributed by atoms with Crippen molar-refractivity contribution >= 4 is 23.5 Å². The number of anilines is 1.